The molecular formula is C16H20BNO2S. The second-order valence-corrected chi connectivity index (χ2v) is 7.13. The van der Waals surface area contributed by atoms with Crippen molar-refractivity contribution in [3.05, 3.63) is 47.3 Å². The van der Waals surface area contributed by atoms with Gasteiger partial charge in [0.1, 0.15) is 0 Å². The average molecular weight is 301 g/mol. The number of sulfonamides is 1. The van der Waals surface area contributed by atoms with Crippen LogP contribution in [0.1, 0.15) is 24.5 Å². The molecule has 5 heteroatoms. The van der Waals surface area contributed by atoms with Gasteiger partial charge >= 0.3 is 127 Å². The molecule has 1 aromatic heterocycles. The van der Waals surface area contributed by atoms with Crippen LogP contribution in [-0.2, 0) is 10.0 Å². The number of aryl methyl sites for hydroxylation is 2. The first kappa shape index (κ1) is 15.8. The van der Waals surface area contributed by atoms with Gasteiger partial charge in [0.25, 0.3) is 0 Å². The number of anilines is 1. The van der Waals surface area contributed by atoms with Crippen molar-refractivity contribution in [3.63, 3.8) is 0 Å². The van der Waals surface area contributed by atoms with Gasteiger partial charge in [0.2, 0.25) is 0 Å². The summed E-state index contributed by atoms with van der Waals surface area (Å²) in [5, 5.41) is 0. The molecule has 1 N–H and O–H groups in total. The molecule has 0 radical (unpaired) electrons. The summed E-state index contributed by atoms with van der Waals surface area (Å²) in [5.74, 6) is 4.05. The van der Waals surface area contributed by atoms with E-state index in [1.807, 2.05) is 57.8 Å². The fraction of sp³-hybridized carbons (Fsp3) is 0.312. The average Bonchev–Trinajstić information content (AvgIpc) is 2.38. The van der Waals surface area contributed by atoms with Gasteiger partial charge < -0.3 is 0 Å². The van der Waals surface area contributed by atoms with Gasteiger partial charge in [-0.1, -0.05) is 0 Å². The van der Waals surface area contributed by atoms with Crippen LogP contribution in [0.2, 0.25) is 0 Å². The Labute approximate surface area is 127 Å². The molecule has 21 heavy (non-hydrogen) atoms. The molecule has 2 rings (SSSR count). The minimum atomic E-state index is -3.30. The number of rotatable bonds is 5. The second kappa shape index (κ2) is 6.44. The molecule has 2 aromatic rings. The number of benzene rings is 1. The predicted octanol–water partition coefficient (Wildman–Crippen LogP) is 3.46. The summed E-state index contributed by atoms with van der Waals surface area (Å²) in [6, 6.07) is 7.95. The molecule has 1 aromatic carbocycles. The first-order chi connectivity index (χ1) is 9.93. The monoisotopic (exact) mass is 301 g/mol. The van der Waals surface area contributed by atoms with Crippen molar-refractivity contribution in [2.24, 2.45) is 0 Å². The Morgan fingerprint density at radius 3 is 2.43 bits per heavy atom. The van der Waals surface area contributed by atoms with Gasteiger partial charge in [-0.3, -0.25) is 0 Å². The molecule has 0 saturated carbocycles. The quantitative estimate of drug-likeness (QED) is 0.919. The Kier molecular flexibility index (Phi) is 4.83. The van der Waals surface area contributed by atoms with E-state index in [0.717, 1.165) is 22.3 Å². The Bertz CT molecular complexity index is 727. The van der Waals surface area contributed by atoms with Gasteiger partial charge in [0.15, 0.2) is 0 Å². The van der Waals surface area contributed by atoms with Crippen molar-refractivity contribution < 1.29 is 8.42 Å². The van der Waals surface area contributed by atoms with Crippen molar-refractivity contribution in [3.8, 4) is 11.1 Å². The molecule has 110 valence electrons. The van der Waals surface area contributed by atoms with Gasteiger partial charge in [-0.15, -0.1) is 0 Å². The van der Waals surface area contributed by atoms with Gasteiger partial charge in [-0.2, -0.15) is 0 Å². The van der Waals surface area contributed by atoms with Crippen LogP contribution < -0.4 is 4.72 Å². The number of hydrogen-bond donors (Lipinski definition) is 1. The van der Waals surface area contributed by atoms with E-state index in [2.05, 4.69) is 10.8 Å². The van der Waals surface area contributed by atoms with Crippen molar-refractivity contribution >= 4 is 22.6 Å². The molecule has 0 fully saturated rings. The molecule has 0 saturated heterocycles. The molecule has 0 aliphatic carbocycles. The molecule has 0 spiro atoms. The van der Waals surface area contributed by atoms with Crippen LogP contribution in [0.3, 0.4) is 0 Å². The molecule has 0 atom stereocenters. The van der Waals surface area contributed by atoms with Crippen molar-refractivity contribution in [2.75, 3.05) is 10.5 Å². The SMILES string of the molecule is CCCS(=O)(=O)Nc1cc(C)cc(C)c1-c1ccbcc1. The van der Waals surface area contributed by atoms with Gasteiger partial charge in [-0.25, -0.2) is 0 Å². The maximum atomic E-state index is 12.1. The topological polar surface area (TPSA) is 46.2 Å². The maximum absolute atomic E-state index is 12.1. The van der Waals surface area contributed by atoms with E-state index >= 15 is 0 Å². The first-order valence-electron chi connectivity index (χ1n) is 7.10. The van der Waals surface area contributed by atoms with Gasteiger partial charge in [0, 0.05) is 0 Å². The zero-order valence-corrected chi connectivity index (χ0v) is 13.5. The Morgan fingerprint density at radius 2 is 1.81 bits per heavy atom. The summed E-state index contributed by atoms with van der Waals surface area (Å²) in [7, 11) is -3.30. The standard InChI is InChI=1S/C16H20BNO2S/c1-4-9-21(19,20)18-15-11-12(2)10-13(3)16(15)14-5-7-17-8-6-14/h5-8,10-11,18H,4,9H2,1-3H3. The number of hydrogen-bond acceptors (Lipinski definition) is 2. The van der Waals surface area contributed by atoms with Crippen molar-refractivity contribution in [2.45, 2.75) is 27.2 Å². The Morgan fingerprint density at radius 1 is 1.14 bits per heavy atom. The fourth-order valence-corrected chi connectivity index (χ4v) is 3.66. The van der Waals surface area contributed by atoms with Crippen LogP contribution in [0.25, 0.3) is 11.1 Å². The Hall–Kier alpha value is -1.62. The van der Waals surface area contributed by atoms with Crippen LogP contribution >= 0.6 is 0 Å². The fourth-order valence-electron chi connectivity index (χ4n) is 2.52. The van der Waals surface area contributed by atoms with Crippen LogP contribution in [0, 0.1) is 13.8 Å². The summed E-state index contributed by atoms with van der Waals surface area (Å²) in [6.07, 6.45) is 0.598. The molecular weight excluding hydrogens is 281 g/mol. The van der Waals surface area contributed by atoms with E-state index in [1.54, 1.807) is 0 Å². The molecule has 0 aliphatic rings. The first-order valence-corrected chi connectivity index (χ1v) is 8.75. The van der Waals surface area contributed by atoms with Gasteiger partial charge in [0.05, 0.1) is 0 Å². The van der Waals surface area contributed by atoms with E-state index in [1.165, 1.54) is 0 Å². The molecule has 0 unspecified atom stereocenters. The zero-order chi connectivity index (χ0) is 15.5. The van der Waals surface area contributed by atoms with E-state index in [-0.39, 0.29) is 5.75 Å². The van der Waals surface area contributed by atoms with E-state index in [0.29, 0.717) is 12.1 Å². The summed E-state index contributed by atoms with van der Waals surface area (Å²) in [6.45, 7) is 7.79. The van der Waals surface area contributed by atoms with E-state index in [9.17, 15) is 8.42 Å². The predicted molar refractivity (Wildman–Crippen MR) is 90.4 cm³/mol. The zero-order valence-electron chi connectivity index (χ0n) is 12.7. The molecule has 3 nitrogen and oxygen atoms in total. The summed E-state index contributed by atoms with van der Waals surface area (Å²) in [5.41, 5.74) is 4.73. The van der Waals surface area contributed by atoms with Crippen LogP contribution in [0.5, 0.6) is 0 Å². The summed E-state index contributed by atoms with van der Waals surface area (Å²) >= 11 is 0. The van der Waals surface area contributed by atoms with E-state index < -0.39 is 10.0 Å². The third-order valence-electron chi connectivity index (χ3n) is 3.28. The van der Waals surface area contributed by atoms with Crippen molar-refractivity contribution in [1.82, 2.24) is 0 Å². The van der Waals surface area contributed by atoms with E-state index in [4.69, 9.17) is 0 Å². The third kappa shape index (κ3) is 3.94. The summed E-state index contributed by atoms with van der Waals surface area (Å²) < 4.78 is 26.9. The molecule has 0 aliphatic heterocycles. The van der Waals surface area contributed by atoms with Crippen LogP contribution in [0.15, 0.2) is 36.2 Å². The third-order valence-corrected chi connectivity index (χ3v) is 4.76. The molecule has 1 heterocycles. The Balaban J connectivity index is 2.55. The molecule has 0 amide bonds. The van der Waals surface area contributed by atoms with Crippen LogP contribution in [-0.4, -0.2) is 21.1 Å². The van der Waals surface area contributed by atoms with Crippen LogP contribution in [0.4, 0.5) is 5.69 Å². The second-order valence-electron chi connectivity index (χ2n) is 5.29. The minimum absolute atomic E-state index is 0.133. The van der Waals surface area contributed by atoms with Crippen molar-refractivity contribution in [1.29, 1.82) is 0 Å². The van der Waals surface area contributed by atoms with Gasteiger partial charge in [-0.05, 0) is 0 Å². The summed E-state index contributed by atoms with van der Waals surface area (Å²) in [4.78, 5) is 0. The number of nitrogens with one attached hydrogen (secondary N) is 1. The normalized spacial score (nSPS) is 11.2. The molecule has 0 bridgehead atoms.